The van der Waals surface area contributed by atoms with Gasteiger partial charge in [-0.1, -0.05) is 43.4 Å². The first kappa shape index (κ1) is 16.8. The molecule has 0 bridgehead atoms. The first-order valence-corrected chi connectivity index (χ1v) is 6.74. The molecule has 1 atom stereocenters. The van der Waals surface area contributed by atoms with Crippen molar-refractivity contribution in [3.63, 3.8) is 0 Å². The average Bonchev–Trinajstić information content (AvgIpc) is 2.07. The normalized spacial score (nSPS) is 14.5. The standard InChI is InChI=1S/C12H22INO3/c1-11(2,3)9(15)7-6-8(10(16)17)14-12(4,5)13/h8,14H,6-7H2,1-5H3,(H,16,17). The molecule has 0 rings (SSSR count). The summed E-state index contributed by atoms with van der Waals surface area (Å²) in [5.41, 5.74) is -0.400. The lowest BCUT2D eigenvalue weighted by atomic mass is 9.87. The molecule has 0 amide bonds. The summed E-state index contributed by atoms with van der Waals surface area (Å²) in [6.07, 6.45) is 0.623. The van der Waals surface area contributed by atoms with Crippen molar-refractivity contribution >= 4 is 34.3 Å². The fraction of sp³-hybridized carbons (Fsp3) is 0.833. The zero-order chi connectivity index (χ0) is 13.9. The molecule has 0 aliphatic carbocycles. The van der Waals surface area contributed by atoms with Crippen LogP contribution in [-0.2, 0) is 9.59 Å². The molecule has 0 aromatic rings. The summed E-state index contributed by atoms with van der Waals surface area (Å²) < 4.78 is -0.300. The molecule has 0 aromatic carbocycles. The van der Waals surface area contributed by atoms with E-state index in [0.29, 0.717) is 12.8 Å². The Morgan fingerprint density at radius 2 is 1.71 bits per heavy atom. The summed E-state index contributed by atoms with van der Waals surface area (Å²) in [6.45, 7) is 9.34. The molecule has 0 aromatic heterocycles. The topological polar surface area (TPSA) is 66.4 Å². The number of carbonyl (C=O) groups is 2. The third-order valence-corrected chi connectivity index (χ3v) is 2.62. The largest absolute Gasteiger partial charge is 0.480 e. The van der Waals surface area contributed by atoms with Gasteiger partial charge in [-0.3, -0.25) is 14.9 Å². The van der Waals surface area contributed by atoms with E-state index in [4.69, 9.17) is 5.11 Å². The number of carbonyl (C=O) groups excluding carboxylic acids is 1. The third-order valence-electron chi connectivity index (χ3n) is 2.31. The zero-order valence-corrected chi connectivity index (χ0v) is 13.3. The van der Waals surface area contributed by atoms with Crippen LogP contribution in [0.25, 0.3) is 0 Å². The van der Waals surface area contributed by atoms with E-state index >= 15 is 0 Å². The monoisotopic (exact) mass is 355 g/mol. The Morgan fingerprint density at radius 1 is 1.24 bits per heavy atom. The highest BCUT2D eigenvalue weighted by Gasteiger charge is 2.27. The third kappa shape index (κ3) is 7.70. The van der Waals surface area contributed by atoms with Crippen molar-refractivity contribution in [1.29, 1.82) is 0 Å². The molecule has 0 aliphatic heterocycles. The second-order valence-electron chi connectivity index (χ2n) is 5.72. The molecule has 17 heavy (non-hydrogen) atoms. The molecule has 5 heteroatoms. The molecule has 0 heterocycles. The first-order chi connectivity index (χ1) is 7.43. The highest BCUT2D eigenvalue weighted by Crippen LogP contribution is 2.20. The van der Waals surface area contributed by atoms with Crippen LogP contribution in [0, 0.1) is 5.41 Å². The Bertz CT molecular complexity index is 289. The predicted octanol–water partition coefficient (Wildman–Crippen LogP) is 2.60. The number of Topliss-reactive ketones (excluding diaryl/α,β-unsaturated/α-hetero) is 1. The quantitative estimate of drug-likeness (QED) is 0.437. The van der Waals surface area contributed by atoms with Gasteiger partial charge in [0.15, 0.2) is 0 Å². The van der Waals surface area contributed by atoms with E-state index in [-0.39, 0.29) is 9.33 Å². The van der Waals surface area contributed by atoms with Crippen LogP contribution in [-0.4, -0.2) is 26.4 Å². The molecule has 0 fully saturated rings. The molecule has 4 nitrogen and oxygen atoms in total. The van der Waals surface area contributed by atoms with Gasteiger partial charge in [-0.2, -0.15) is 0 Å². The van der Waals surface area contributed by atoms with E-state index in [2.05, 4.69) is 27.9 Å². The van der Waals surface area contributed by atoms with Crippen LogP contribution < -0.4 is 5.32 Å². The fourth-order valence-electron chi connectivity index (χ4n) is 1.32. The molecule has 1 unspecified atom stereocenters. The van der Waals surface area contributed by atoms with Crippen molar-refractivity contribution in [1.82, 2.24) is 5.32 Å². The lowest BCUT2D eigenvalue weighted by molar-refractivity contribution is -0.140. The number of nitrogens with one attached hydrogen (secondary N) is 1. The van der Waals surface area contributed by atoms with Crippen molar-refractivity contribution in [2.45, 2.75) is 57.0 Å². The van der Waals surface area contributed by atoms with Gasteiger partial charge < -0.3 is 5.11 Å². The van der Waals surface area contributed by atoms with Crippen LogP contribution in [0.5, 0.6) is 0 Å². The molecule has 0 aliphatic rings. The van der Waals surface area contributed by atoms with Gasteiger partial charge in [0.25, 0.3) is 0 Å². The summed E-state index contributed by atoms with van der Waals surface area (Å²) in [5, 5.41) is 12.1. The van der Waals surface area contributed by atoms with Gasteiger partial charge in [-0.05, 0) is 20.3 Å². The van der Waals surface area contributed by atoms with Crippen LogP contribution in [0.2, 0.25) is 0 Å². The van der Waals surface area contributed by atoms with Gasteiger partial charge in [0, 0.05) is 11.8 Å². The number of hydrogen-bond donors (Lipinski definition) is 2. The average molecular weight is 355 g/mol. The second kappa shape index (κ2) is 6.13. The van der Waals surface area contributed by atoms with E-state index in [9.17, 15) is 9.59 Å². The summed E-state index contributed by atoms with van der Waals surface area (Å²) in [4.78, 5) is 22.8. The van der Waals surface area contributed by atoms with Crippen LogP contribution in [0.15, 0.2) is 0 Å². The SMILES string of the molecule is CC(C)(I)NC(CCC(=O)C(C)(C)C)C(=O)O. The summed E-state index contributed by atoms with van der Waals surface area (Å²) in [5.74, 6) is -0.812. The Morgan fingerprint density at radius 3 is 2.00 bits per heavy atom. The summed E-state index contributed by atoms with van der Waals surface area (Å²) in [7, 11) is 0. The molecular weight excluding hydrogens is 333 g/mol. The maximum Gasteiger partial charge on any atom is 0.320 e. The number of rotatable bonds is 6. The van der Waals surface area contributed by atoms with Gasteiger partial charge >= 0.3 is 5.97 Å². The Labute approximate surface area is 117 Å². The lowest BCUT2D eigenvalue weighted by Crippen LogP contribution is -2.46. The van der Waals surface area contributed by atoms with Crippen LogP contribution in [0.3, 0.4) is 0 Å². The number of aliphatic carboxylic acids is 1. The van der Waals surface area contributed by atoms with Gasteiger partial charge in [0.05, 0.1) is 3.55 Å². The smallest absolute Gasteiger partial charge is 0.320 e. The maximum atomic E-state index is 11.7. The number of halogens is 1. The molecule has 0 saturated heterocycles. The van der Waals surface area contributed by atoms with Crippen molar-refractivity contribution in [2.24, 2.45) is 5.41 Å². The minimum absolute atomic E-state index is 0.0943. The number of carboxylic acids is 1. The van der Waals surface area contributed by atoms with Gasteiger partial charge in [0.2, 0.25) is 0 Å². The maximum absolute atomic E-state index is 11.7. The van der Waals surface area contributed by atoms with E-state index in [1.807, 2.05) is 34.6 Å². The Hall–Kier alpha value is -0.170. The highest BCUT2D eigenvalue weighted by molar-refractivity contribution is 14.1. The van der Waals surface area contributed by atoms with Crippen LogP contribution >= 0.6 is 22.6 Å². The van der Waals surface area contributed by atoms with E-state index in [1.165, 1.54) is 0 Å². The zero-order valence-electron chi connectivity index (χ0n) is 11.1. The Balaban J connectivity index is 4.40. The highest BCUT2D eigenvalue weighted by atomic mass is 127. The van der Waals surface area contributed by atoms with Gasteiger partial charge in [-0.15, -0.1) is 0 Å². The molecule has 0 radical (unpaired) electrons. The van der Waals surface area contributed by atoms with E-state index in [1.54, 1.807) is 0 Å². The van der Waals surface area contributed by atoms with Crippen molar-refractivity contribution in [3.8, 4) is 0 Å². The molecule has 0 spiro atoms. The lowest BCUT2D eigenvalue weighted by Gasteiger charge is -2.25. The summed E-state index contributed by atoms with van der Waals surface area (Å²) >= 11 is 2.14. The summed E-state index contributed by atoms with van der Waals surface area (Å²) in [6, 6.07) is -0.673. The Kier molecular flexibility index (Phi) is 6.07. The number of hydrogen-bond acceptors (Lipinski definition) is 3. The van der Waals surface area contributed by atoms with E-state index in [0.717, 1.165) is 0 Å². The molecule has 100 valence electrons. The van der Waals surface area contributed by atoms with Crippen molar-refractivity contribution in [3.05, 3.63) is 0 Å². The second-order valence-corrected chi connectivity index (χ2v) is 8.42. The van der Waals surface area contributed by atoms with E-state index < -0.39 is 17.4 Å². The van der Waals surface area contributed by atoms with Crippen molar-refractivity contribution in [2.75, 3.05) is 0 Å². The van der Waals surface area contributed by atoms with Crippen molar-refractivity contribution < 1.29 is 14.7 Å². The van der Waals surface area contributed by atoms with Gasteiger partial charge in [0.1, 0.15) is 11.8 Å². The first-order valence-electron chi connectivity index (χ1n) is 5.66. The van der Waals surface area contributed by atoms with Gasteiger partial charge in [-0.25, -0.2) is 0 Å². The van der Waals surface area contributed by atoms with Crippen LogP contribution in [0.1, 0.15) is 47.5 Å². The minimum Gasteiger partial charge on any atom is -0.480 e. The number of carboxylic acid groups (broad SMARTS) is 1. The fourth-order valence-corrected chi connectivity index (χ4v) is 1.70. The molecule has 2 N–H and O–H groups in total. The molecular formula is C12H22INO3. The predicted molar refractivity (Wildman–Crippen MR) is 76.4 cm³/mol. The number of alkyl halides is 1. The number of ketones is 1. The molecule has 0 saturated carbocycles. The van der Waals surface area contributed by atoms with Crippen LogP contribution in [0.4, 0.5) is 0 Å². The minimum atomic E-state index is -0.906.